The number of carbonyl (C=O) groups is 1. The van der Waals surface area contributed by atoms with Crippen LogP contribution in [0.15, 0.2) is 34.9 Å². The van der Waals surface area contributed by atoms with Crippen molar-refractivity contribution in [3.63, 3.8) is 0 Å². The Balaban J connectivity index is 1.82. The van der Waals surface area contributed by atoms with Gasteiger partial charge in [-0.05, 0) is 49.7 Å². The van der Waals surface area contributed by atoms with Crippen molar-refractivity contribution in [3.8, 4) is 17.3 Å². The van der Waals surface area contributed by atoms with Gasteiger partial charge in [-0.1, -0.05) is 19.0 Å². The largest absolute Gasteiger partial charge is 0.497 e. The number of nitrogens with one attached hydrogen (secondary N) is 1. The van der Waals surface area contributed by atoms with E-state index in [-0.39, 0.29) is 18.4 Å². The molecule has 0 saturated heterocycles. The van der Waals surface area contributed by atoms with Crippen molar-refractivity contribution in [2.75, 3.05) is 12.4 Å². The first-order valence-electron chi connectivity index (χ1n) is 8.83. The highest BCUT2D eigenvalue weighted by Gasteiger charge is 2.20. The van der Waals surface area contributed by atoms with Crippen LogP contribution in [0.5, 0.6) is 5.75 Å². The molecular weight excluding hydrogens is 344 g/mol. The molecule has 7 nitrogen and oxygen atoms in total. The van der Waals surface area contributed by atoms with Crippen LogP contribution in [-0.4, -0.2) is 27.7 Å². The van der Waals surface area contributed by atoms with Crippen molar-refractivity contribution in [3.05, 3.63) is 47.4 Å². The van der Waals surface area contributed by atoms with Gasteiger partial charge in [-0.15, -0.1) is 0 Å². The Hall–Kier alpha value is -3.09. The Bertz CT molecular complexity index is 939. The minimum atomic E-state index is -0.135. The van der Waals surface area contributed by atoms with Crippen molar-refractivity contribution in [2.24, 2.45) is 0 Å². The van der Waals surface area contributed by atoms with E-state index in [1.807, 2.05) is 38.3 Å². The lowest BCUT2D eigenvalue weighted by atomic mass is 10.2. The van der Waals surface area contributed by atoms with E-state index in [1.54, 1.807) is 31.4 Å². The molecule has 142 valence electrons. The van der Waals surface area contributed by atoms with Gasteiger partial charge in [0.2, 0.25) is 5.91 Å². The Morgan fingerprint density at radius 1 is 1.26 bits per heavy atom. The summed E-state index contributed by atoms with van der Waals surface area (Å²) in [6.45, 7) is 8.10. The van der Waals surface area contributed by atoms with E-state index in [0.29, 0.717) is 17.4 Å². The molecule has 2 heterocycles. The molecule has 0 aliphatic carbocycles. The molecule has 0 aliphatic heterocycles. The summed E-state index contributed by atoms with van der Waals surface area (Å²) in [4.78, 5) is 17.0. The van der Waals surface area contributed by atoms with Crippen LogP contribution >= 0.6 is 0 Å². The van der Waals surface area contributed by atoms with Crippen LogP contribution in [0.4, 0.5) is 5.69 Å². The SMILES string of the molecule is COc1ccc(NC(=O)Cn2c(C)cc(C)c2-c2nc(C(C)C)no2)cc1. The number of benzene rings is 1. The number of methoxy groups -OCH3 is 1. The number of hydrogen-bond donors (Lipinski definition) is 1. The third kappa shape index (κ3) is 4.02. The third-order valence-electron chi connectivity index (χ3n) is 4.33. The number of hydrogen-bond acceptors (Lipinski definition) is 5. The molecule has 3 aromatic rings. The number of nitrogens with zero attached hydrogens (tertiary/aromatic N) is 3. The minimum Gasteiger partial charge on any atom is -0.497 e. The van der Waals surface area contributed by atoms with Crippen molar-refractivity contribution >= 4 is 11.6 Å². The van der Waals surface area contributed by atoms with Gasteiger partial charge in [-0.25, -0.2) is 0 Å². The Kier molecular flexibility index (Phi) is 5.30. The van der Waals surface area contributed by atoms with E-state index >= 15 is 0 Å². The fraction of sp³-hybridized carbons (Fsp3) is 0.350. The zero-order chi connectivity index (χ0) is 19.6. The van der Waals surface area contributed by atoms with Crippen molar-refractivity contribution < 1.29 is 14.1 Å². The van der Waals surface area contributed by atoms with Crippen LogP contribution < -0.4 is 10.1 Å². The van der Waals surface area contributed by atoms with Gasteiger partial charge < -0.3 is 19.1 Å². The Morgan fingerprint density at radius 2 is 1.96 bits per heavy atom. The highest BCUT2D eigenvalue weighted by atomic mass is 16.5. The van der Waals surface area contributed by atoms with Crippen LogP contribution in [-0.2, 0) is 11.3 Å². The number of aromatic nitrogens is 3. The van der Waals surface area contributed by atoms with Gasteiger partial charge in [0.25, 0.3) is 5.89 Å². The molecule has 2 aromatic heterocycles. The predicted octanol–water partition coefficient (Wildman–Crippen LogP) is 3.93. The molecule has 0 aliphatic rings. The number of aryl methyl sites for hydroxylation is 2. The van der Waals surface area contributed by atoms with Crippen LogP contribution in [0.3, 0.4) is 0 Å². The third-order valence-corrected chi connectivity index (χ3v) is 4.33. The minimum absolute atomic E-state index is 0.135. The van der Waals surface area contributed by atoms with Gasteiger partial charge in [0.05, 0.1) is 7.11 Å². The zero-order valence-electron chi connectivity index (χ0n) is 16.2. The topological polar surface area (TPSA) is 82.2 Å². The van der Waals surface area contributed by atoms with Gasteiger partial charge in [0.15, 0.2) is 5.82 Å². The molecule has 0 spiro atoms. The highest BCUT2D eigenvalue weighted by molar-refractivity contribution is 5.91. The number of amides is 1. The smallest absolute Gasteiger partial charge is 0.274 e. The molecule has 3 rings (SSSR count). The first-order chi connectivity index (χ1) is 12.9. The molecule has 0 atom stereocenters. The lowest BCUT2D eigenvalue weighted by Gasteiger charge is -2.11. The molecule has 1 amide bonds. The second-order valence-corrected chi connectivity index (χ2v) is 6.79. The number of carbonyl (C=O) groups excluding carboxylic acids is 1. The predicted molar refractivity (Wildman–Crippen MR) is 103 cm³/mol. The summed E-state index contributed by atoms with van der Waals surface area (Å²) in [5.41, 5.74) is 3.43. The lowest BCUT2D eigenvalue weighted by Crippen LogP contribution is -2.20. The summed E-state index contributed by atoms with van der Waals surface area (Å²) >= 11 is 0. The van der Waals surface area contributed by atoms with Crippen LogP contribution in [0.25, 0.3) is 11.6 Å². The molecule has 7 heteroatoms. The molecule has 1 N–H and O–H groups in total. The maximum Gasteiger partial charge on any atom is 0.274 e. The molecule has 0 unspecified atom stereocenters. The second kappa shape index (κ2) is 7.65. The quantitative estimate of drug-likeness (QED) is 0.713. The fourth-order valence-electron chi connectivity index (χ4n) is 2.92. The average Bonchev–Trinajstić information content (AvgIpc) is 3.21. The van der Waals surface area contributed by atoms with E-state index in [2.05, 4.69) is 15.5 Å². The van der Waals surface area contributed by atoms with Gasteiger partial charge in [-0.3, -0.25) is 4.79 Å². The number of rotatable bonds is 6. The molecule has 0 fully saturated rings. The maximum atomic E-state index is 12.6. The molecule has 1 aromatic carbocycles. The Labute approximate surface area is 158 Å². The normalized spacial score (nSPS) is 11.0. The lowest BCUT2D eigenvalue weighted by molar-refractivity contribution is -0.116. The highest BCUT2D eigenvalue weighted by Crippen LogP contribution is 2.27. The molecule has 27 heavy (non-hydrogen) atoms. The van der Waals surface area contributed by atoms with Crippen LogP contribution in [0, 0.1) is 13.8 Å². The molecule has 0 saturated carbocycles. The zero-order valence-corrected chi connectivity index (χ0v) is 16.2. The molecule has 0 radical (unpaired) electrons. The van der Waals surface area contributed by atoms with E-state index < -0.39 is 0 Å². The van der Waals surface area contributed by atoms with E-state index in [4.69, 9.17) is 9.26 Å². The van der Waals surface area contributed by atoms with Gasteiger partial charge in [-0.2, -0.15) is 4.98 Å². The van der Waals surface area contributed by atoms with E-state index in [9.17, 15) is 4.79 Å². The summed E-state index contributed by atoms with van der Waals surface area (Å²) in [7, 11) is 1.61. The van der Waals surface area contributed by atoms with Gasteiger partial charge in [0.1, 0.15) is 18.0 Å². The van der Waals surface area contributed by atoms with E-state index in [0.717, 1.165) is 22.7 Å². The van der Waals surface area contributed by atoms with E-state index in [1.165, 1.54) is 0 Å². The fourth-order valence-corrected chi connectivity index (χ4v) is 2.92. The van der Waals surface area contributed by atoms with Gasteiger partial charge >= 0.3 is 0 Å². The monoisotopic (exact) mass is 368 g/mol. The van der Waals surface area contributed by atoms with Crippen LogP contribution in [0.1, 0.15) is 36.8 Å². The number of ether oxygens (including phenoxy) is 1. The van der Waals surface area contributed by atoms with Gasteiger partial charge in [0, 0.05) is 17.3 Å². The summed E-state index contributed by atoms with van der Waals surface area (Å²) in [5, 5.41) is 6.93. The standard InChI is InChI=1S/C20H24N4O3/c1-12(2)19-22-20(27-23-19)18-13(3)10-14(4)24(18)11-17(25)21-15-6-8-16(26-5)9-7-15/h6-10,12H,11H2,1-5H3,(H,21,25). The van der Waals surface area contributed by atoms with Crippen LogP contribution in [0.2, 0.25) is 0 Å². The summed E-state index contributed by atoms with van der Waals surface area (Å²) in [5.74, 6) is 1.86. The summed E-state index contributed by atoms with van der Waals surface area (Å²) in [6, 6.07) is 9.22. The summed E-state index contributed by atoms with van der Waals surface area (Å²) in [6.07, 6.45) is 0. The molecular formula is C20H24N4O3. The number of anilines is 1. The maximum absolute atomic E-state index is 12.6. The average molecular weight is 368 g/mol. The first kappa shape index (κ1) is 18.7. The first-order valence-corrected chi connectivity index (χ1v) is 8.83. The Morgan fingerprint density at radius 3 is 2.56 bits per heavy atom. The van der Waals surface area contributed by atoms with Crippen molar-refractivity contribution in [2.45, 2.75) is 40.2 Å². The second-order valence-electron chi connectivity index (χ2n) is 6.79. The summed E-state index contributed by atoms with van der Waals surface area (Å²) < 4.78 is 12.5. The molecule has 0 bridgehead atoms. The van der Waals surface area contributed by atoms with Crippen molar-refractivity contribution in [1.29, 1.82) is 0 Å². The van der Waals surface area contributed by atoms with Crippen molar-refractivity contribution in [1.82, 2.24) is 14.7 Å².